The number of ether oxygens (including phenoxy) is 4. The molecule has 3 amide bonds. The molecule has 3 heterocycles. The summed E-state index contributed by atoms with van der Waals surface area (Å²) in [4.78, 5) is 48.7. The van der Waals surface area contributed by atoms with Crippen LogP contribution in [0.2, 0.25) is 0 Å². The third-order valence-electron chi connectivity index (χ3n) is 10.7. The van der Waals surface area contributed by atoms with Gasteiger partial charge in [0.2, 0.25) is 17.7 Å². The lowest BCUT2D eigenvalue weighted by Crippen LogP contribution is -2.51. The number of carbonyl (C=O) groups is 4. The molecule has 0 spiro atoms. The highest BCUT2D eigenvalue weighted by Crippen LogP contribution is 2.33. The lowest BCUT2D eigenvalue weighted by Gasteiger charge is -2.42. The number of alkyl halides is 1. The molecule has 0 aromatic rings. The fraction of sp³-hybridized carbons (Fsp3) is 0.756. The van der Waals surface area contributed by atoms with Crippen LogP contribution >= 0.6 is 15.9 Å². The molecule has 6 rings (SSSR count). The summed E-state index contributed by atoms with van der Waals surface area (Å²) in [5.41, 5.74) is 0. The van der Waals surface area contributed by atoms with Crippen LogP contribution in [0.3, 0.4) is 0 Å². The van der Waals surface area contributed by atoms with Gasteiger partial charge < -0.3 is 38.9 Å². The van der Waals surface area contributed by atoms with Gasteiger partial charge in [0.15, 0.2) is 12.6 Å². The van der Waals surface area contributed by atoms with Gasteiger partial charge in [-0.15, -0.1) is 0 Å². The zero-order valence-corrected chi connectivity index (χ0v) is 36.0. The summed E-state index contributed by atoms with van der Waals surface area (Å²) in [7, 11) is 0. The zero-order valence-electron chi connectivity index (χ0n) is 34.4. The predicted octanol–water partition coefficient (Wildman–Crippen LogP) is 5.35. The van der Waals surface area contributed by atoms with E-state index in [1.54, 1.807) is 23.1 Å². The highest BCUT2D eigenvalue weighted by atomic mass is 79.9. The molecule has 3 aliphatic heterocycles. The maximum atomic E-state index is 12.1. The van der Waals surface area contributed by atoms with E-state index in [1.165, 1.54) is 57.8 Å². The van der Waals surface area contributed by atoms with Crippen molar-refractivity contribution in [2.75, 3.05) is 44.8 Å². The van der Waals surface area contributed by atoms with Crippen LogP contribution in [-0.4, -0.2) is 135 Å². The van der Waals surface area contributed by atoms with Crippen LogP contribution in [0.15, 0.2) is 36.5 Å². The van der Waals surface area contributed by atoms with E-state index in [-0.39, 0.29) is 68.1 Å². The fourth-order valence-corrected chi connectivity index (χ4v) is 8.54. The van der Waals surface area contributed by atoms with Gasteiger partial charge in [-0.05, 0) is 102 Å². The maximum absolute atomic E-state index is 12.1. The number of rotatable bonds is 13. The van der Waals surface area contributed by atoms with Crippen LogP contribution in [-0.2, 0) is 38.1 Å². The van der Waals surface area contributed by atoms with E-state index in [0.717, 1.165) is 30.9 Å². The van der Waals surface area contributed by atoms with Gasteiger partial charge in [0, 0.05) is 69.8 Å². The quantitative estimate of drug-likeness (QED) is 0.114. The van der Waals surface area contributed by atoms with E-state index < -0.39 is 0 Å². The minimum Gasteiger partial charge on any atom is -0.352 e. The lowest BCUT2D eigenvalue weighted by atomic mass is 9.81. The van der Waals surface area contributed by atoms with Gasteiger partial charge in [0.25, 0.3) is 0 Å². The molecule has 0 bridgehead atoms. The second-order valence-corrected chi connectivity index (χ2v) is 14.8. The molecule has 0 aromatic heterocycles. The number of nitrogens with zero attached hydrogens (tertiary/aromatic N) is 2. The van der Waals surface area contributed by atoms with Gasteiger partial charge in [-0.2, -0.15) is 0 Å². The number of hydrogen-bond donors (Lipinski definition) is 1. The van der Waals surface area contributed by atoms with Crippen LogP contribution in [0, 0.1) is 17.8 Å². The molecular weight excluding hydrogens is 775 g/mol. The molecule has 3 aliphatic carbocycles. The number of carbonyl (C=O) groups excluding carboxylic acids is 4. The number of halogens is 1. The topological polar surface area (TPSA) is 124 Å². The van der Waals surface area contributed by atoms with E-state index in [2.05, 4.69) is 33.4 Å². The van der Waals surface area contributed by atoms with Crippen molar-refractivity contribution in [2.45, 2.75) is 135 Å². The second kappa shape index (κ2) is 30.8. The first-order chi connectivity index (χ1) is 25.8. The van der Waals surface area contributed by atoms with Gasteiger partial charge >= 0.3 is 0 Å². The van der Waals surface area contributed by atoms with Crippen LogP contribution in [0.1, 0.15) is 105 Å². The van der Waals surface area contributed by atoms with Gasteiger partial charge in [0.1, 0.15) is 6.29 Å². The molecule has 1 N–H and O–H groups in total. The Kier molecular flexibility index (Phi) is 29.6. The minimum atomic E-state index is -0.298. The Hall–Kier alpha value is -2.19. The Labute approximate surface area is 351 Å². The summed E-state index contributed by atoms with van der Waals surface area (Å²) in [6.07, 6.45) is 26.1. The summed E-state index contributed by atoms with van der Waals surface area (Å²) in [5.74, 6) is 1.83. The smallest absolute Gasteiger partial charge is 0.246 e. The van der Waals surface area contributed by atoms with Crippen molar-refractivity contribution in [3.8, 4) is 0 Å². The zero-order chi connectivity index (χ0) is 38.4. The molecule has 3 fully saturated rings. The molecule has 6 atom stereocenters. The average Bonchev–Trinajstić information content (AvgIpc) is 3.18. The average molecular weight is 841 g/mol. The SMILES string of the molecule is CCOC(CBr)OCC.CCOC(CN1C(=O)C=CC2CCCCC21)OCC.O=C1C=CC2CCCCC2N1.O=CCN1C(=O)C=CC2CCCCC21.[B].[B].[B]. The Balaban J connectivity index is 0.000000734. The van der Waals surface area contributed by atoms with E-state index in [9.17, 15) is 19.2 Å². The molecule has 15 heteroatoms. The van der Waals surface area contributed by atoms with Crippen molar-refractivity contribution < 1.29 is 38.1 Å². The van der Waals surface area contributed by atoms with Gasteiger partial charge in [0.05, 0.1) is 18.4 Å². The molecule has 6 unspecified atom stereocenters. The van der Waals surface area contributed by atoms with Crippen LogP contribution < -0.4 is 5.32 Å². The predicted molar refractivity (Wildman–Crippen MR) is 227 cm³/mol. The standard InChI is InChI=1S/C15H25NO3.C11H15NO2.C9H13NO.C6H13BrO2.3B/c1-3-18-15(19-4-2)11-16-13-8-6-5-7-12(13)9-10-14(16)17;13-8-7-12-10-4-2-1-3-9(10)5-6-11(12)14;11-9-6-5-7-3-1-2-4-8(7)10-9;1-3-8-6(5-7)9-4-2;;;/h9-10,12-13,15H,3-8,11H2,1-2H3;5-6,8-10H,1-4,7H2;5-8H,1-4H2,(H,10,11);6H,3-5H2,1-2H3;;;. The van der Waals surface area contributed by atoms with Crippen molar-refractivity contribution in [3.05, 3.63) is 36.5 Å². The first-order valence-electron chi connectivity index (χ1n) is 20.2. The Morgan fingerprint density at radius 1 is 0.643 bits per heavy atom. The molecule has 0 saturated heterocycles. The largest absolute Gasteiger partial charge is 0.352 e. The normalized spacial score (nSPS) is 25.8. The molecule has 9 radical (unpaired) electrons. The summed E-state index contributed by atoms with van der Waals surface area (Å²) in [6.45, 7) is 11.2. The van der Waals surface area contributed by atoms with E-state index in [1.807, 2.05) is 38.7 Å². The van der Waals surface area contributed by atoms with Crippen molar-refractivity contribution in [3.63, 3.8) is 0 Å². The van der Waals surface area contributed by atoms with Crippen LogP contribution in [0.25, 0.3) is 0 Å². The minimum absolute atomic E-state index is 0. The first kappa shape index (κ1) is 53.8. The monoisotopic (exact) mass is 840 g/mol. The van der Waals surface area contributed by atoms with Crippen molar-refractivity contribution in [1.82, 2.24) is 15.1 Å². The third-order valence-corrected chi connectivity index (χ3v) is 11.2. The van der Waals surface area contributed by atoms with Gasteiger partial charge in [-0.3, -0.25) is 14.4 Å². The van der Waals surface area contributed by atoms with Crippen molar-refractivity contribution in [2.24, 2.45) is 17.8 Å². The van der Waals surface area contributed by atoms with E-state index in [4.69, 9.17) is 18.9 Å². The van der Waals surface area contributed by atoms with Crippen molar-refractivity contribution >= 4 is 65.2 Å². The Morgan fingerprint density at radius 3 is 1.57 bits per heavy atom. The van der Waals surface area contributed by atoms with Crippen LogP contribution in [0.4, 0.5) is 0 Å². The van der Waals surface area contributed by atoms with Crippen LogP contribution in [0.5, 0.6) is 0 Å². The number of fused-ring (bicyclic) bond motifs is 3. The molecule has 309 valence electrons. The molecular formula is C41H66B3BrN3O8. The first-order valence-corrected chi connectivity index (χ1v) is 21.3. The Bertz CT molecular complexity index is 1200. The summed E-state index contributed by atoms with van der Waals surface area (Å²) in [5, 5.41) is 3.74. The highest BCUT2D eigenvalue weighted by Gasteiger charge is 2.36. The van der Waals surface area contributed by atoms with Gasteiger partial charge in [-0.25, -0.2) is 0 Å². The van der Waals surface area contributed by atoms with Crippen molar-refractivity contribution in [1.29, 1.82) is 0 Å². The lowest BCUT2D eigenvalue weighted by molar-refractivity contribution is -0.163. The Morgan fingerprint density at radius 2 is 1.07 bits per heavy atom. The molecule has 0 aromatic carbocycles. The van der Waals surface area contributed by atoms with Gasteiger partial charge in [-0.1, -0.05) is 72.7 Å². The fourth-order valence-electron chi connectivity index (χ4n) is 8.17. The molecule has 11 nitrogen and oxygen atoms in total. The number of hydrogen-bond acceptors (Lipinski definition) is 8. The molecule has 56 heavy (non-hydrogen) atoms. The number of amides is 3. The molecule has 6 aliphatic rings. The third kappa shape index (κ3) is 17.8. The summed E-state index contributed by atoms with van der Waals surface area (Å²) < 4.78 is 21.5. The molecule has 3 saturated carbocycles. The highest BCUT2D eigenvalue weighted by molar-refractivity contribution is 9.09. The number of nitrogens with one attached hydrogen (secondary N) is 1. The van der Waals surface area contributed by atoms with E-state index >= 15 is 0 Å². The van der Waals surface area contributed by atoms with E-state index in [0.29, 0.717) is 62.8 Å². The second-order valence-electron chi connectivity index (χ2n) is 14.2. The maximum Gasteiger partial charge on any atom is 0.246 e. The summed E-state index contributed by atoms with van der Waals surface area (Å²) in [6, 6.07) is 1.07. The number of aldehydes is 1. The summed E-state index contributed by atoms with van der Waals surface area (Å²) >= 11 is 3.27.